The van der Waals surface area contributed by atoms with Gasteiger partial charge in [-0.1, -0.05) is 62.1 Å². The average molecular weight is 412 g/mol. The predicted octanol–water partition coefficient (Wildman–Crippen LogP) is 4.19. The molecule has 1 aromatic carbocycles. The van der Waals surface area contributed by atoms with E-state index in [1.165, 1.54) is 11.3 Å². The van der Waals surface area contributed by atoms with Gasteiger partial charge in [0.2, 0.25) is 5.60 Å². The Morgan fingerprint density at radius 2 is 1.86 bits per heavy atom. The second-order valence-corrected chi connectivity index (χ2v) is 8.36. The number of rotatable bonds is 7. The Bertz CT molecular complexity index is 843. The molecule has 1 fully saturated rings. The number of benzene rings is 1. The molecule has 2 aromatic rings. The molecule has 1 heterocycles. The van der Waals surface area contributed by atoms with Crippen molar-refractivity contribution in [2.75, 3.05) is 19.6 Å². The number of carbonyl (C=O) groups is 1. The fraction of sp³-hybridized carbons (Fsp3) is 0.458. The summed E-state index contributed by atoms with van der Waals surface area (Å²) in [5, 5.41) is 13.4. The van der Waals surface area contributed by atoms with E-state index in [0.29, 0.717) is 29.8 Å². The summed E-state index contributed by atoms with van der Waals surface area (Å²) in [6, 6.07) is 12.6. The Hall–Kier alpha value is -2.13. The Kier molecular flexibility index (Phi) is 7.13. The smallest absolute Gasteiger partial charge is 0.350 e. The van der Waals surface area contributed by atoms with Gasteiger partial charge in [0.05, 0.1) is 11.4 Å². The van der Waals surface area contributed by atoms with Crippen molar-refractivity contribution in [2.24, 2.45) is 0 Å². The summed E-state index contributed by atoms with van der Waals surface area (Å²) in [5.41, 5.74) is -2.13. The molecule has 0 amide bonds. The van der Waals surface area contributed by atoms with E-state index in [1.54, 1.807) is 18.2 Å². The maximum Gasteiger partial charge on any atom is 0.350 e. The van der Waals surface area contributed by atoms with Crippen LogP contribution in [0.15, 0.2) is 47.8 Å². The van der Waals surface area contributed by atoms with E-state index in [2.05, 4.69) is 30.6 Å². The molecule has 4 nitrogen and oxygen atoms in total. The highest BCUT2D eigenvalue weighted by Gasteiger charge is 2.47. The van der Waals surface area contributed by atoms with Crippen LogP contribution in [0.5, 0.6) is 0 Å². The van der Waals surface area contributed by atoms with Crippen molar-refractivity contribution < 1.29 is 14.6 Å². The summed E-state index contributed by atoms with van der Waals surface area (Å²) in [5.74, 6) is 5.82. The third kappa shape index (κ3) is 4.72. The van der Waals surface area contributed by atoms with Gasteiger partial charge >= 0.3 is 5.97 Å². The van der Waals surface area contributed by atoms with Gasteiger partial charge < -0.3 is 9.84 Å². The molecule has 0 saturated heterocycles. The molecule has 1 unspecified atom stereocenters. The van der Waals surface area contributed by atoms with Crippen LogP contribution < -0.4 is 0 Å². The lowest BCUT2D eigenvalue weighted by Gasteiger charge is -2.31. The Balaban J connectivity index is 1.89. The van der Waals surface area contributed by atoms with Gasteiger partial charge in [-0.15, -0.1) is 11.3 Å². The minimum absolute atomic E-state index is 0.511. The largest absolute Gasteiger partial charge is 0.443 e. The maximum atomic E-state index is 13.4. The monoisotopic (exact) mass is 411 g/mol. The number of aliphatic hydroxyl groups is 1. The SMILES string of the molecule is CCN(CC)CC#CC1(OC(=O)C(O)(c2ccccc2)c2cccs2)CCCC1. The van der Waals surface area contributed by atoms with Crippen LogP contribution in [-0.2, 0) is 15.1 Å². The number of hydrogen-bond acceptors (Lipinski definition) is 5. The zero-order valence-corrected chi connectivity index (χ0v) is 18.0. The molecule has 5 heteroatoms. The van der Waals surface area contributed by atoms with E-state index < -0.39 is 17.2 Å². The normalized spacial score (nSPS) is 17.4. The fourth-order valence-electron chi connectivity index (χ4n) is 3.73. The molecule has 1 aliphatic carbocycles. The molecule has 0 aliphatic heterocycles. The third-order valence-corrected chi connectivity index (χ3v) is 6.56. The van der Waals surface area contributed by atoms with Crippen molar-refractivity contribution in [1.29, 1.82) is 0 Å². The molecule has 1 saturated carbocycles. The van der Waals surface area contributed by atoms with Crippen molar-refractivity contribution in [1.82, 2.24) is 4.90 Å². The molecule has 0 bridgehead atoms. The van der Waals surface area contributed by atoms with Crippen LogP contribution in [0.3, 0.4) is 0 Å². The second-order valence-electron chi connectivity index (χ2n) is 7.41. The van der Waals surface area contributed by atoms with Gasteiger partial charge in [0, 0.05) is 5.56 Å². The van der Waals surface area contributed by atoms with Crippen LogP contribution >= 0.6 is 11.3 Å². The first-order valence-corrected chi connectivity index (χ1v) is 11.2. The molecular formula is C24H29NO3S. The van der Waals surface area contributed by atoms with Crippen LogP contribution in [0.2, 0.25) is 0 Å². The van der Waals surface area contributed by atoms with Crippen molar-refractivity contribution >= 4 is 17.3 Å². The first-order valence-electron chi connectivity index (χ1n) is 10.3. The second kappa shape index (κ2) is 9.58. The number of esters is 1. The summed E-state index contributed by atoms with van der Waals surface area (Å²) in [6.45, 7) is 6.74. The van der Waals surface area contributed by atoms with E-state index in [1.807, 2.05) is 29.6 Å². The van der Waals surface area contributed by atoms with Crippen LogP contribution in [0, 0.1) is 11.8 Å². The highest BCUT2D eigenvalue weighted by molar-refractivity contribution is 7.10. The fourth-order valence-corrected chi connectivity index (χ4v) is 4.57. The van der Waals surface area contributed by atoms with E-state index in [-0.39, 0.29) is 0 Å². The average Bonchev–Trinajstić information content (AvgIpc) is 3.44. The van der Waals surface area contributed by atoms with Gasteiger partial charge in [0.1, 0.15) is 0 Å². The third-order valence-electron chi connectivity index (χ3n) is 5.58. The van der Waals surface area contributed by atoms with E-state index in [4.69, 9.17) is 4.74 Å². The van der Waals surface area contributed by atoms with Gasteiger partial charge in [-0.3, -0.25) is 4.90 Å². The summed E-state index contributed by atoms with van der Waals surface area (Å²) in [7, 11) is 0. The van der Waals surface area contributed by atoms with Crippen LogP contribution in [0.25, 0.3) is 0 Å². The summed E-state index contributed by atoms with van der Waals surface area (Å²) >= 11 is 1.34. The van der Waals surface area contributed by atoms with Crippen molar-refractivity contribution in [3.8, 4) is 11.8 Å². The highest BCUT2D eigenvalue weighted by Crippen LogP contribution is 2.39. The molecule has 0 spiro atoms. The van der Waals surface area contributed by atoms with Crippen LogP contribution in [-0.4, -0.2) is 41.2 Å². The first-order chi connectivity index (χ1) is 14.0. The Morgan fingerprint density at radius 1 is 1.17 bits per heavy atom. The summed E-state index contributed by atoms with van der Waals surface area (Å²) < 4.78 is 6.02. The molecular weight excluding hydrogens is 382 g/mol. The van der Waals surface area contributed by atoms with Crippen molar-refractivity contribution in [3.05, 3.63) is 58.3 Å². The number of ether oxygens (including phenoxy) is 1. The number of nitrogens with zero attached hydrogens (tertiary/aromatic N) is 1. The molecule has 1 atom stereocenters. The van der Waals surface area contributed by atoms with E-state index >= 15 is 0 Å². The van der Waals surface area contributed by atoms with Gasteiger partial charge in [0.25, 0.3) is 0 Å². The summed E-state index contributed by atoms with van der Waals surface area (Å²) in [6.07, 6.45) is 3.35. The molecule has 0 radical (unpaired) electrons. The van der Waals surface area contributed by atoms with Crippen LogP contribution in [0.1, 0.15) is 50.0 Å². The lowest BCUT2D eigenvalue weighted by molar-refractivity contribution is -0.172. The topological polar surface area (TPSA) is 49.8 Å². The number of hydrogen-bond donors (Lipinski definition) is 1. The first kappa shape index (κ1) is 21.6. The van der Waals surface area contributed by atoms with Gasteiger partial charge in [-0.25, -0.2) is 4.79 Å². The van der Waals surface area contributed by atoms with E-state index in [0.717, 1.165) is 25.9 Å². The highest BCUT2D eigenvalue weighted by atomic mass is 32.1. The molecule has 1 N–H and O–H groups in total. The molecule has 29 heavy (non-hydrogen) atoms. The van der Waals surface area contributed by atoms with E-state index in [9.17, 15) is 9.90 Å². The molecule has 154 valence electrons. The lowest BCUT2D eigenvalue weighted by atomic mass is 9.91. The van der Waals surface area contributed by atoms with Crippen molar-refractivity contribution in [2.45, 2.75) is 50.7 Å². The minimum Gasteiger partial charge on any atom is -0.443 e. The lowest BCUT2D eigenvalue weighted by Crippen LogP contribution is -2.43. The standard InChI is InChI=1S/C24H29NO3S/c1-3-25(4-2)18-11-17-23(15-8-9-16-23)28-22(26)24(27,21-14-10-19-29-21)20-12-6-5-7-13-20/h5-7,10,12-14,19,27H,3-4,8-9,15-16,18H2,1-2H3. The number of carbonyl (C=O) groups excluding carboxylic acids is 1. The Labute approximate surface area is 177 Å². The maximum absolute atomic E-state index is 13.4. The van der Waals surface area contributed by atoms with Gasteiger partial charge in [-0.2, -0.15) is 0 Å². The predicted molar refractivity (Wildman–Crippen MR) is 117 cm³/mol. The molecule has 1 aromatic heterocycles. The van der Waals surface area contributed by atoms with Gasteiger partial charge in [0.15, 0.2) is 5.60 Å². The van der Waals surface area contributed by atoms with Gasteiger partial charge in [-0.05, 0) is 50.2 Å². The zero-order chi connectivity index (χ0) is 20.7. The Morgan fingerprint density at radius 3 is 2.45 bits per heavy atom. The molecule has 1 aliphatic rings. The van der Waals surface area contributed by atoms with Crippen LogP contribution in [0.4, 0.5) is 0 Å². The quantitative estimate of drug-likeness (QED) is 0.548. The summed E-state index contributed by atoms with van der Waals surface area (Å²) in [4.78, 5) is 16.2. The minimum atomic E-state index is -1.83. The molecule has 3 rings (SSSR count). The van der Waals surface area contributed by atoms with Crippen molar-refractivity contribution in [3.63, 3.8) is 0 Å². The number of thiophene rings is 1. The zero-order valence-electron chi connectivity index (χ0n) is 17.2.